The van der Waals surface area contributed by atoms with Crippen LogP contribution in [-0.4, -0.2) is 74.9 Å². The molecule has 0 aliphatic rings. The van der Waals surface area contributed by atoms with Gasteiger partial charge in [0.05, 0.1) is 27.7 Å². The Morgan fingerprint density at radius 1 is 0.400 bits per heavy atom. The third-order valence-electron chi connectivity index (χ3n) is 12.9. The number of esters is 2. The van der Waals surface area contributed by atoms with Gasteiger partial charge in [-0.25, -0.2) is 4.57 Å². The third kappa shape index (κ3) is 63.1. The zero-order chi connectivity index (χ0) is 58.4. The van der Waals surface area contributed by atoms with Crippen LogP contribution in [0.1, 0.15) is 232 Å². The Kier molecular flexibility index (Phi) is 56.5. The van der Waals surface area contributed by atoms with E-state index in [4.69, 9.17) is 18.5 Å². The summed E-state index contributed by atoms with van der Waals surface area (Å²) in [7, 11) is 1.44. The number of quaternary nitrogens is 1. The number of unbranched alkanes of at least 4 members (excludes halogenated alkanes) is 18. The van der Waals surface area contributed by atoms with E-state index in [2.05, 4.69) is 160 Å². The number of nitrogens with zero attached hydrogens (tertiary/aromatic N) is 1. The Balaban J connectivity index is 4.18. The number of allylic oxidation sites excluding steroid dienone is 24. The van der Waals surface area contributed by atoms with Crippen LogP contribution in [-0.2, 0) is 32.7 Å². The van der Waals surface area contributed by atoms with E-state index in [1.165, 1.54) is 77.0 Å². The van der Waals surface area contributed by atoms with E-state index < -0.39 is 26.5 Å². The van der Waals surface area contributed by atoms with Gasteiger partial charge in [0.15, 0.2) is 6.10 Å². The second kappa shape index (κ2) is 59.5. The highest BCUT2D eigenvalue weighted by Gasteiger charge is 2.27. The van der Waals surface area contributed by atoms with Crippen molar-refractivity contribution in [2.24, 2.45) is 0 Å². The standard InChI is InChI=1S/C70H116NO8P/c1-6-8-10-12-14-16-18-20-22-23-24-25-26-27-28-29-30-31-32-33-34-35-36-37-38-39-40-41-42-43-44-45-46-47-49-51-53-55-57-59-61-63-70(73)79-68(67-78-80(74,75)77-65-64-71(3,4)5)66-76-69(72)62-60-58-56-54-52-50-48-21-19-17-15-13-11-9-7-2/h8,10,14,16,20,22,24-25,27-28,30-31,33-34,36-37,39-40,42-43,45-46,49,51,68H,6-7,9,11-13,15,17-19,21,23,26,29,32,35,38,41,44,47-48,50,52-67H2,1-5H3/p+1/b10-8-,16-14-,22-20-,25-24-,28-27-,31-30-,34-33-,37-36-,40-39-,43-42-,46-45-,51-49-. The molecule has 0 aliphatic heterocycles. The first-order valence-electron chi connectivity index (χ1n) is 31.6. The van der Waals surface area contributed by atoms with Crippen LogP contribution >= 0.6 is 7.82 Å². The molecule has 2 atom stereocenters. The zero-order valence-corrected chi connectivity index (χ0v) is 52.4. The summed E-state index contributed by atoms with van der Waals surface area (Å²) in [6, 6.07) is 0. The Labute approximate surface area is 491 Å². The maximum atomic E-state index is 12.8. The van der Waals surface area contributed by atoms with Crippen molar-refractivity contribution in [3.8, 4) is 0 Å². The number of ether oxygens (including phenoxy) is 2. The van der Waals surface area contributed by atoms with Crippen LogP contribution in [0.15, 0.2) is 146 Å². The van der Waals surface area contributed by atoms with Gasteiger partial charge in [-0.05, 0) is 103 Å². The average molecular weight is 1130 g/mol. The van der Waals surface area contributed by atoms with Crippen molar-refractivity contribution < 1.29 is 42.1 Å². The molecule has 0 saturated carbocycles. The predicted molar refractivity (Wildman–Crippen MR) is 343 cm³/mol. The summed E-state index contributed by atoms with van der Waals surface area (Å²) in [6.45, 7) is 4.28. The van der Waals surface area contributed by atoms with Crippen LogP contribution in [0.4, 0.5) is 0 Å². The van der Waals surface area contributed by atoms with Crippen LogP contribution in [0.3, 0.4) is 0 Å². The number of phosphoric ester groups is 1. The van der Waals surface area contributed by atoms with E-state index in [9.17, 15) is 19.0 Å². The van der Waals surface area contributed by atoms with Gasteiger partial charge < -0.3 is 18.9 Å². The van der Waals surface area contributed by atoms with E-state index in [1.807, 2.05) is 21.1 Å². The van der Waals surface area contributed by atoms with Crippen LogP contribution in [0.5, 0.6) is 0 Å². The summed E-state index contributed by atoms with van der Waals surface area (Å²) >= 11 is 0. The van der Waals surface area contributed by atoms with Crippen LogP contribution in [0.2, 0.25) is 0 Å². The van der Waals surface area contributed by atoms with Crippen LogP contribution in [0, 0.1) is 0 Å². The number of carbonyl (C=O) groups excluding carboxylic acids is 2. The lowest BCUT2D eigenvalue weighted by Gasteiger charge is -2.24. The maximum absolute atomic E-state index is 12.8. The lowest BCUT2D eigenvalue weighted by atomic mass is 10.0. The molecule has 0 amide bonds. The van der Waals surface area contributed by atoms with Crippen molar-refractivity contribution in [3.63, 3.8) is 0 Å². The molecule has 2 unspecified atom stereocenters. The van der Waals surface area contributed by atoms with E-state index in [1.54, 1.807) is 0 Å². The average Bonchev–Trinajstić information content (AvgIpc) is 3.42. The summed E-state index contributed by atoms with van der Waals surface area (Å²) in [4.78, 5) is 35.7. The van der Waals surface area contributed by atoms with E-state index in [0.717, 1.165) is 122 Å². The van der Waals surface area contributed by atoms with Crippen molar-refractivity contribution >= 4 is 19.8 Å². The summed E-state index contributed by atoms with van der Waals surface area (Å²) in [6.07, 6.45) is 87.9. The normalized spacial score (nSPS) is 14.2. The monoisotopic (exact) mass is 1130 g/mol. The smallest absolute Gasteiger partial charge is 0.462 e. The lowest BCUT2D eigenvalue weighted by Crippen LogP contribution is -2.37. The molecule has 0 aromatic rings. The van der Waals surface area contributed by atoms with E-state index in [-0.39, 0.29) is 32.0 Å². The van der Waals surface area contributed by atoms with Gasteiger partial charge in [0, 0.05) is 12.8 Å². The van der Waals surface area contributed by atoms with E-state index in [0.29, 0.717) is 17.4 Å². The molecule has 0 heterocycles. The van der Waals surface area contributed by atoms with Crippen molar-refractivity contribution in [2.45, 2.75) is 238 Å². The lowest BCUT2D eigenvalue weighted by molar-refractivity contribution is -0.870. The highest BCUT2D eigenvalue weighted by Crippen LogP contribution is 2.43. The highest BCUT2D eigenvalue weighted by atomic mass is 31.2. The van der Waals surface area contributed by atoms with Crippen molar-refractivity contribution in [1.29, 1.82) is 0 Å². The number of rotatable bonds is 56. The summed E-state index contributed by atoms with van der Waals surface area (Å²) < 4.78 is 34.5. The molecule has 9 nitrogen and oxygen atoms in total. The molecule has 10 heteroatoms. The number of hydrogen-bond acceptors (Lipinski definition) is 7. The van der Waals surface area contributed by atoms with Gasteiger partial charge >= 0.3 is 19.8 Å². The first kappa shape index (κ1) is 75.9. The van der Waals surface area contributed by atoms with Gasteiger partial charge in [-0.3, -0.25) is 18.6 Å². The molecule has 0 aliphatic carbocycles. The van der Waals surface area contributed by atoms with Gasteiger partial charge in [-0.15, -0.1) is 0 Å². The second-order valence-corrected chi connectivity index (χ2v) is 23.2. The first-order valence-corrected chi connectivity index (χ1v) is 33.1. The van der Waals surface area contributed by atoms with Crippen molar-refractivity contribution in [3.05, 3.63) is 146 Å². The minimum atomic E-state index is -4.40. The van der Waals surface area contributed by atoms with Gasteiger partial charge in [-0.1, -0.05) is 262 Å². The topological polar surface area (TPSA) is 108 Å². The fraction of sp³-hybridized carbons (Fsp3) is 0.629. The molecule has 0 aromatic heterocycles. The van der Waals surface area contributed by atoms with Crippen LogP contribution in [0.25, 0.3) is 0 Å². The number of phosphoric acid groups is 1. The van der Waals surface area contributed by atoms with Crippen LogP contribution < -0.4 is 0 Å². The minimum Gasteiger partial charge on any atom is -0.462 e. The second-order valence-electron chi connectivity index (χ2n) is 21.7. The molecular weight excluding hydrogens is 1010 g/mol. The Morgan fingerprint density at radius 3 is 1.06 bits per heavy atom. The molecule has 0 rings (SSSR count). The minimum absolute atomic E-state index is 0.0204. The molecule has 0 saturated heterocycles. The predicted octanol–water partition coefficient (Wildman–Crippen LogP) is 20.3. The quantitative estimate of drug-likeness (QED) is 0.0211. The molecule has 0 fully saturated rings. The summed E-state index contributed by atoms with van der Waals surface area (Å²) in [5.41, 5.74) is 0. The van der Waals surface area contributed by atoms with Gasteiger partial charge in [0.2, 0.25) is 0 Å². The Morgan fingerprint density at radius 2 is 0.713 bits per heavy atom. The van der Waals surface area contributed by atoms with Crippen molar-refractivity contribution in [2.75, 3.05) is 47.5 Å². The SMILES string of the molecule is CC/C=C\C/C=C\C/C=C\C/C=C\C/C=C\C/C=C\C/C=C\C/C=C\C/C=C\C/C=C\C/C=C\C/C=C\CCCCCCC(=O)OC(COC(=O)CCCCCCCCCCCCCCCCC)COP(=O)(O)OCC[N+](C)(C)C. The van der Waals surface area contributed by atoms with Gasteiger partial charge in [0.1, 0.15) is 19.8 Å². The third-order valence-corrected chi connectivity index (χ3v) is 13.9. The molecule has 454 valence electrons. The van der Waals surface area contributed by atoms with Gasteiger partial charge in [0.25, 0.3) is 0 Å². The highest BCUT2D eigenvalue weighted by molar-refractivity contribution is 7.47. The fourth-order valence-corrected chi connectivity index (χ4v) is 8.80. The molecule has 80 heavy (non-hydrogen) atoms. The molecule has 0 aromatic carbocycles. The first-order chi connectivity index (χ1) is 39.0. The van der Waals surface area contributed by atoms with Crippen molar-refractivity contribution in [1.82, 2.24) is 0 Å². The maximum Gasteiger partial charge on any atom is 0.472 e. The summed E-state index contributed by atoms with van der Waals surface area (Å²) in [5, 5.41) is 0. The molecule has 0 bridgehead atoms. The Bertz CT molecular complexity index is 1860. The van der Waals surface area contributed by atoms with E-state index >= 15 is 0 Å². The summed E-state index contributed by atoms with van der Waals surface area (Å²) in [5.74, 6) is -0.832. The number of likely N-dealkylation sites (N-methyl/N-ethyl adjacent to an activating group) is 1. The largest absolute Gasteiger partial charge is 0.472 e. The molecule has 0 radical (unpaired) electrons. The Hall–Kier alpha value is -4.11. The molecule has 0 spiro atoms. The molecular formula is C70H117NO8P+. The fourth-order valence-electron chi connectivity index (χ4n) is 8.06. The number of carbonyl (C=O) groups is 2. The number of hydrogen-bond donors (Lipinski definition) is 1. The van der Waals surface area contributed by atoms with Gasteiger partial charge in [-0.2, -0.15) is 0 Å². The zero-order valence-electron chi connectivity index (χ0n) is 51.5. The molecule has 1 N–H and O–H groups in total.